The second kappa shape index (κ2) is 6.98. The molecule has 1 aromatic rings. The second-order valence-electron chi connectivity index (χ2n) is 6.19. The Morgan fingerprint density at radius 3 is 2.74 bits per heavy atom. The number of methoxy groups -OCH3 is 1. The third-order valence-corrected chi connectivity index (χ3v) is 4.49. The third kappa shape index (κ3) is 3.81. The third-order valence-electron chi connectivity index (χ3n) is 4.49. The number of piperazine rings is 1. The molecule has 2 heterocycles. The molecular formula is C17H24N4O2. The Hall–Kier alpha value is -2.11. The van der Waals surface area contributed by atoms with Crippen LogP contribution in [0.15, 0.2) is 18.2 Å². The monoisotopic (exact) mass is 316 g/mol. The summed E-state index contributed by atoms with van der Waals surface area (Å²) in [6.45, 7) is 4.92. The van der Waals surface area contributed by atoms with E-state index in [9.17, 15) is 4.79 Å². The highest BCUT2D eigenvalue weighted by Crippen LogP contribution is 2.22. The molecule has 6 heteroatoms. The molecule has 1 aliphatic carbocycles. The summed E-state index contributed by atoms with van der Waals surface area (Å²) in [6, 6.07) is 1.82. The minimum atomic E-state index is 0.268. The van der Waals surface area contributed by atoms with E-state index in [1.165, 1.54) is 0 Å². The van der Waals surface area contributed by atoms with Crippen LogP contribution in [0.25, 0.3) is 0 Å². The van der Waals surface area contributed by atoms with Crippen LogP contribution < -0.4 is 9.64 Å². The number of aryl methyl sites for hydroxylation is 1. The molecule has 0 saturated carbocycles. The summed E-state index contributed by atoms with van der Waals surface area (Å²) in [7, 11) is 1.61. The van der Waals surface area contributed by atoms with Crippen LogP contribution in [-0.2, 0) is 4.79 Å². The average molecular weight is 316 g/mol. The summed E-state index contributed by atoms with van der Waals surface area (Å²) < 4.78 is 5.21. The number of nitrogens with zero attached hydrogens (tertiary/aromatic N) is 4. The Kier molecular flexibility index (Phi) is 4.79. The molecule has 1 saturated heterocycles. The molecule has 6 nitrogen and oxygen atoms in total. The van der Waals surface area contributed by atoms with Crippen molar-refractivity contribution in [2.45, 2.75) is 26.2 Å². The van der Waals surface area contributed by atoms with Crippen molar-refractivity contribution in [2.75, 3.05) is 38.2 Å². The van der Waals surface area contributed by atoms with Crippen molar-refractivity contribution in [3.05, 3.63) is 23.9 Å². The van der Waals surface area contributed by atoms with Gasteiger partial charge in [0.25, 0.3) is 0 Å². The molecule has 1 aliphatic heterocycles. The van der Waals surface area contributed by atoms with Gasteiger partial charge in [-0.1, -0.05) is 12.2 Å². The highest BCUT2D eigenvalue weighted by Gasteiger charge is 2.25. The van der Waals surface area contributed by atoms with Gasteiger partial charge in [-0.15, -0.1) is 0 Å². The zero-order valence-electron chi connectivity index (χ0n) is 13.9. The van der Waals surface area contributed by atoms with E-state index in [-0.39, 0.29) is 5.91 Å². The van der Waals surface area contributed by atoms with E-state index in [1.54, 1.807) is 7.11 Å². The van der Waals surface area contributed by atoms with Gasteiger partial charge in [-0.25, -0.2) is 4.98 Å². The molecule has 1 amide bonds. The van der Waals surface area contributed by atoms with Crippen molar-refractivity contribution in [2.24, 2.45) is 5.92 Å². The van der Waals surface area contributed by atoms with Gasteiger partial charge in [0.15, 0.2) is 0 Å². The van der Waals surface area contributed by atoms with Crippen LogP contribution in [0.4, 0.5) is 5.95 Å². The van der Waals surface area contributed by atoms with E-state index in [0.717, 1.165) is 44.7 Å². The Balaban J connectivity index is 1.56. The smallest absolute Gasteiger partial charge is 0.228 e. The number of aromatic nitrogens is 2. The first-order valence-corrected chi connectivity index (χ1v) is 8.25. The Bertz CT molecular complexity index is 594. The number of amides is 1. The number of anilines is 1. The van der Waals surface area contributed by atoms with E-state index in [2.05, 4.69) is 27.0 Å². The molecule has 3 rings (SSSR count). The molecule has 0 radical (unpaired) electrons. The van der Waals surface area contributed by atoms with E-state index >= 15 is 0 Å². The quantitative estimate of drug-likeness (QED) is 0.793. The van der Waals surface area contributed by atoms with Crippen molar-refractivity contribution >= 4 is 11.9 Å². The summed E-state index contributed by atoms with van der Waals surface area (Å²) in [5, 5.41) is 0. The second-order valence-corrected chi connectivity index (χ2v) is 6.19. The van der Waals surface area contributed by atoms with Gasteiger partial charge >= 0.3 is 0 Å². The standard InChI is InChI=1S/C17H24N4O2/c1-13-11-15(23-2)19-17(18-13)21-9-7-20(8-10-21)16(22)12-14-5-3-4-6-14/h3,5,11,14H,4,6-10,12H2,1-2H3/t14-/m1/s1. The zero-order chi connectivity index (χ0) is 16.2. The minimum absolute atomic E-state index is 0.268. The molecule has 0 N–H and O–H groups in total. The van der Waals surface area contributed by atoms with Crippen LogP contribution in [0.5, 0.6) is 5.88 Å². The molecular weight excluding hydrogens is 292 g/mol. The highest BCUT2D eigenvalue weighted by molar-refractivity contribution is 5.77. The van der Waals surface area contributed by atoms with Gasteiger partial charge in [0.1, 0.15) is 0 Å². The molecule has 0 spiro atoms. The largest absolute Gasteiger partial charge is 0.481 e. The van der Waals surface area contributed by atoms with Crippen molar-refractivity contribution in [3.63, 3.8) is 0 Å². The lowest BCUT2D eigenvalue weighted by Gasteiger charge is -2.35. The summed E-state index contributed by atoms with van der Waals surface area (Å²) in [4.78, 5) is 25.4. The van der Waals surface area contributed by atoms with Crippen molar-refractivity contribution in [1.82, 2.24) is 14.9 Å². The van der Waals surface area contributed by atoms with Crippen molar-refractivity contribution in [3.8, 4) is 5.88 Å². The van der Waals surface area contributed by atoms with Crippen LogP contribution in [0.2, 0.25) is 0 Å². The first-order chi connectivity index (χ1) is 11.2. The van der Waals surface area contributed by atoms with Crippen LogP contribution in [-0.4, -0.2) is 54.1 Å². The number of ether oxygens (including phenoxy) is 1. The van der Waals surface area contributed by atoms with E-state index < -0.39 is 0 Å². The topological polar surface area (TPSA) is 58.6 Å². The van der Waals surface area contributed by atoms with Gasteiger partial charge in [0.2, 0.25) is 17.7 Å². The van der Waals surface area contributed by atoms with Gasteiger partial charge in [-0.2, -0.15) is 4.98 Å². The van der Waals surface area contributed by atoms with Gasteiger partial charge in [0, 0.05) is 44.4 Å². The fraction of sp³-hybridized carbons (Fsp3) is 0.588. The summed E-state index contributed by atoms with van der Waals surface area (Å²) >= 11 is 0. The summed E-state index contributed by atoms with van der Waals surface area (Å²) in [5.74, 6) is 1.97. The maximum atomic E-state index is 12.4. The number of carbonyl (C=O) groups is 1. The molecule has 0 bridgehead atoms. The maximum absolute atomic E-state index is 12.4. The fourth-order valence-electron chi connectivity index (χ4n) is 3.15. The zero-order valence-corrected chi connectivity index (χ0v) is 13.9. The van der Waals surface area contributed by atoms with E-state index in [1.807, 2.05) is 17.9 Å². The molecule has 23 heavy (non-hydrogen) atoms. The maximum Gasteiger partial charge on any atom is 0.228 e. The molecule has 124 valence electrons. The highest BCUT2D eigenvalue weighted by atomic mass is 16.5. The lowest BCUT2D eigenvalue weighted by molar-refractivity contribution is -0.132. The minimum Gasteiger partial charge on any atom is -0.481 e. The van der Waals surface area contributed by atoms with Crippen molar-refractivity contribution < 1.29 is 9.53 Å². The van der Waals surface area contributed by atoms with Crippen LogP contribution in [0.3, 0.4) is 0 Å². The summed E-state index contributed by atoms with van der Waals surface area (Å²) in [6.07, 6.45) is 7.23. The average Bonchev–Trinajstić information content (AvgIpc) is 3.07. The summed E-state index contributed by atoms with van der Waals surface area (Å²) in [5.41, 5.74) is 0.887. The van der Waals surface area contributed by atoms with Gasteiger partial charge < -0.3 is 14.5 Å². The SMILES string of the molecule is COc1cc(C)nc(N2CCN(C(=O)C[C@@H]3C=CCC3)CC2)n1. The number of rotatable bonds is 4. The number of hydrogen-bond acceptors (Lipinski definition) is 5. The van der Waals surface area contributed by atoms with Gasteiger partial charge in [-0.05, 0) is 25.7 Å². The predicted octanol–water partition coefficient (Wildman–Crippen LogP) is 1.80. The Labute approximate surface area is 137 Å². The Morgan fingerprint density at radius 2 is 2.09 bits per heavy atom. The van der Waals surface area contributed by atoms with Gasteiger partial charge in [-0.3, -0.25) is 4.79 Å². The first kappa shape index (κ1) is 15.8. The molecule has 0 unspecified atom stereocenters. The Morgan fingerprint density at radius 1 is 1.30 bits per heavy atom. The van der Waals surface area contributed by atoms with Crippen molar-refractivity contribution in [1.29, 1.82) is 0 Å². The lowest BCUT2D eigenvalue weighted by atomic mass is 10.0. The number of hydrogen-bond donors (Lipinski definition) is 0. The predicted molar refractivity (Wildman–Crippen MR) is 88.6 cm³/mol. The van der Waals surface area contributed by atoms with Crippen LogP contribution >= 0.6 is 0 Å². The number of carbonyl (C=O) groups excluding carboxylic acids is 1. The first-order valence-electron chi connectivity index (χ1n) is 8.25. The molecule has 1 atom stereocenters. The van der Waals surface area contributed by atoms with Crippen LogP contribution in [0, 0.1) is 12.8 Å². The van der Waals surface area contributed by atoms with Crippen LogP contribution in [0.1, 0.15) is 25.0 Å². The molecule has 1 fully saturated rings. The molecule has 1 aromatic heterocycles. The van der Waals surface area contributed by atoms with E-state index in [0.29, 0.717) is 24.2 Å². The molecule has 0 aromatic carbocycles. The fourth-order valence-corrected chi connectivity index (χ4v) is 3.15. The lowest BCUT2D eigenvalue weighted by Crippen LogP contribution is -2.49. The van der Waals surface area contributed by atoms with Gasteiger partial charge in [0.05, 0.1) is 7.11 Å². The van der Waals surface area contributed by atoms with E-state index in [4.69, 9.17) is 4.74 Å². The molecule has 2 aliphatic rings. The normalized spacial score (nSPS) is 20.9. The number of allylic oxidation sites excluding steroid dienone is 2.